The molecule has 11 heteroatoms. The highest BCUT2D eigenvalue weighted by Crippen LogP contribution is 2.22. The Morgan fingerprint density at radius 2 is 1.97 bits per heavy atom. The van der Waals surface area contributed by atoms with Crippen molar-refractivity contribution in [3.05, 3.63) is 64.8 Å². The molecule has 0 aliphatic heterocycles. The number of furan rings is 1. The third-order valence-electron chi connectivity index (χ3n) is 4.79. The largest absolute Gasteiger partial charge is 0.461 e. The SMILES string of the molecule is Cc1c(NC(=O)CCSc2nnc(-c3ccco3)n2N)c(=O)n(-c2ccccc2)n1C. The van der Waals surface area contributed by atoms with E-state index in [1.54, 1.807) is 30.8 Å². The number of hydrogen-bond acceptors (Lipinski definition) is 7. The minimum Gasteiger partial charge on any atom is -0.461 e. The molecule has 4 aromatic rings. The highest BCUT2D eigenvalue weighted by molar-refractivity contribution is 7.99. The van der Waals surface area contributed by atoms with Crippen LogP contribution in [0.4, 0.5) is 5.69 Å². The van der Waals surface area contributed by atoms with E-state index < -0.39 is 0 Å². The van der Waals surface area contributed by atoms with E-state index in [2.05, 4.69) is 15.5 Å². The Bertz CT molecular complexity index is 1260. The molecule has 0 bridgehead atoms. The number of rotatable bonds is 7. The van der Waals surface area contributed by atoms with Crippen molar-refractivity contribution in [1.29, 1.82) is 0 Å². The highest BCUT2D eigenvalue weighted by atomic mass is 32.2. The molecule has 160 valence electrons. The number of nitrogens with one attached hydrogen (secondary N) is 1. The summed E-state index contributed by atoms with van der Waals surface area (Å²) >= 11 is 1.29. The molecule has 3 aromatic heterocycles. The van der Waals surface area contributed by atoms with Crippen LogP contribution in [0.25, 0.3) is 17.3 Å². The van der Waals surface area contributed by atoms with Gasteiger partial charge in [-0.15, -0.1) is 10.2 Å². The number of nitrogens with zero attached hydrogens (tertiary/aromatic N) is 5. The molecule has 10 nitrogen and oxygen atoms in total. The van der Waals surface area contributed by atoms with Crippen molar-refractivity contribution in [3.63, 3.8) is 0 Å². The summed E-state index contributed by atoms with van der Waals surface area (Å²) in [6.45, 7) is 1.79. The first-order valence-electron chi connectivity index (χ1n) is 9.48. The van der Waals surface area contributed by atoms with Gasteiger partial charge in [-0.3, -0.25) is 14.3 Å². The molecule has 0 unspecified atom stereocenters. The predicted octanol–water partition coefficient (Wildman–Crippen LogP) is 2.17. The number of nitrogen functional groups attached to an aromatic ring is 1. The standard InChI is InChI=1S/C20H21N7O3S/c1-13-17(19(29)27(25(13)2)14-7-4-3-5-8-14)22-16(28)10-12-31-20-24-23-18(26(20)21)15-9-6-11-30-15/h3-9,11H,10,12,21H2,1-2H3,(H,22,28). The van der Waals surface area contributed by atoms with Crippen molar-refractivity contribution < 1.29 is 9.21 Å². The lowest BCUT2D eigenvalue weighted by atomic mass is 10.3. The molecule has 1 amide bonds. The molecule has 0 saturated carbocycles. The van der Waals surface area contributed by atoms with E-state index in [0.717, 1.165) is 5.69 Å². The van der Waals surface area contributed by atoms with Crippen LogP contribution in [0, 0.1) is 6.92 Å². The van der Waals surface area contributed by atoms with Crippen LogP contribution in [-0.2, 0) is 11.8 Å². The van der Waals surface area contributed by atoms with Gasteiger partial charge in [0.2, 0.25) is 16.9 Å². The van der Waals surface area contributed by atoms with E-state index >= 15 is 0 Å². The topological polar surface area (TPSA) is 126 Å². The third kappa shape index (κ3) is 3.99. The Labute approximate surface area is 181 Å². The maximum atomic E-state index is 12.9. The Balaban J connectivity index is 1.41. The summed E-state index contributed by atoms with van der Waals surface area (Å²) < 4.78 is 9.84. The average molecular weight is 440 g/mol. The summed E-state index contributed by atoms with van der Waals surface area (Å²) in [7, 11) is 1.78. The number of amides is 1. The summed E-state index contributed by atoms with van der Waals surface area (Å²) in [5.41, 5.74) is 1.38. The van der Waals surface area contributed by atoms with Crippen LogP contribution < -0.4 is 16.7 Å². The minimum atomic E-state index is -0.281. The molecule has 1 aromatic carbocycles. The molecule has 0 radical (unpaired) electrons. The monoisotopic (exact) mass is 439 g/mol. The Morgan fingerprint density at radius 3 is 2.68 bits per heavy atom. The summed E-state index contributed by atoms with van der Waals surface area (Å²) in [4.78, 5) is 25.3. The molecule has 0 fully saturated rings. The lowest BCUT2D eigenvalue weighted by Gasteiger charge is -2.07. The quantitative estimate of drug-likeness (QED) is 0.334. The maximum Gasteiger partial charge on any atom is 0.295 e. The van der Waals surface area contributed by atoms with E-state index in [-0.39, 0.29) is 23.6 Å². The molecule has 3 heterocycles. The van der Waals surface area contributed by atoms with Gasteiger partial charge in [-0.1, -0.05) is 30.0 Å². The lowest BCUT2D eigenvalue weighted by molar-refractivity contribution is -0.115. The van der Waals surface area contributed by atoms with Crippen molar-refractivity contribution in [3.8, 4) is 17.3 Å². The molecule has 3 N–H and O–H groups in total. The number of carbonyl (C=O) groups is 1. The molecule has 0 aliphatic rings. The number of hydrogen-bond donors (Lipinski definition) is 2. The van der Waals surface area contributed by atoms with Gasteiger partial charge in [0.15, 0.2) is 5.76 Å². The fourth-order valence-electron chi connectivity index (χ4n) is 3.10. The van der Waals surface area contributed by atoms with E-state index in [1.165, 1.54) is 27.4 Å². The number of anilines is 1. The van der Waals surface area contributed by atoms with Crippen molar-refractivity contribution in [2.45, 2.75) is 18.5 Å². The zero-order valence-electron chi connectivity index (χ0n) is 17.0. The van der Waals surface area contributed by atoms with Crippen LogP contribution in [0.5, 0.6) is 0 Å². The number of benzene rings is 1. The first-order chi connectivity index (χ1) is 15.0. The lowest BCUT2D eigenvalue weighted by Crippen LogP contribution is -2.23. The van der Waals surface area contributed by atoms with E-state index in [0.29, 0.717) is 28.2 Å². The zero-order valence-corrected chi connectivity index (χ0v) is 17.8. The Hall–Kier alpha value is -3.73. The number of para-hydroxylation sites is 1. The molecule has 31 heavy (non-hydrogen) atoms. The fourth-order valence-corrected chi connectivity index (χ4v) is 3.89. The molecule has 4 rings (SSSR count). The van der Waals surface area contributed by atoms with Gasteiger partial charge in [0, 0.05) is 19.2 Å². The van der Waals surface area contributed by atoms with Crippen molar-refractivity contribution >= 4 is 23.4 Å². The van der Waals surface area contributed by atoms with Gasteiger partial charge in [0.25, 0.3) is 5.56 Å². The summed E-state index contributed by atoms with van der Waals surface area (Å²) in [6.07, 6.45) is 1.70. The summed E-state index contributed by atoms with van der Waals surface area (Å²) in [6, 6.07) is 12.7. The Kier molecular flexibility index (Phi) is 5.67. The number of aromatic nitrogens is 5. The van der Waals surface area contributed by atoms with E-state index in [1.807, 2.05) is 30.3 Å². The predicted molar refractivity (Wildman–Crippen MR) is 118 cm³/mol. The van der Waals surface area contributed by atoms with E-state index in [9.17, 15) is 9.59 Å². The van der Waals surface area contributed by atoms with Gasteiger partial charge in [0.1, 0.15) is 5.69 Å². The first-order valence-corrected chi connectivity index (χ1v) is 10.5. The average Bonchev–Trinajstić information content (AvgIpc) is 3.46. The van der Waals surface area contributed by atoms with Crippen LogP contribution in [0.15, 0.2) is 63.1 Å². The van der Waals surface area contributed by atoms with Crippen LogP contribution in [-0.4, -0.2) is 35.9 Å². The van der Waals surface area contributed by atoms with Gasteiger partial charge in [0.05, 0.1) is 17.6 Å². The second kappa shape index (κ2) is 8.56. The van der Waals surface area contributed by atoms with Crippen LogP contribution in [0.3, 0.4) is 0 Å². The maximum absolute atomic E-state index is 12.9. The van der Waals surface area contributed by atoms with Crippen LogP contribution in [0.2, 0.25) is 0 Å². The van der Waals surface area contributed by atoms with Crippen LogP contribution in [0.1, 0.15) is 12.1 Å². The van der Waals surface area contributed by atoms with Gasteiger partial charge >= 0.3 is 0 Å². The number of thioether (sulfide) groups is 1. The second-order valence-corrected chi connectivity index (χ2v) is 7.80. The Morgan fingerprint density at radius 1 is 1.19 bits per heavy atom. The first kappa shape index (κ1) is 20.5. The smallest absolute Gasteiger partial charge is 0.295 e. The molecule has 0 aliphatic carbocycles. The molecule has 0 spiro atoms. The molecule has 0 saturated heterocycles. The molecular weight excluding hydrogens is 418 g/mol. The normalized spacial score (nSPS) is 11.0. The van der Waals surface area contributed by atoms with Crippen molar-refractivity contribution in [2.75, 3.05) is 16.9 Å². The number of carbonyl (C=O) groups excluding carboxylic acids is 1. The van der Waals surface area contributed by atoms with E-state index in [4.69, 9.17) is 10.3 Å². The van der Waals surface area contributed by atoms with Crippen LogP contribution >= 0.6 is 11.8 Å². The molecule has 0 atom stereocenters. The highest BCUT2D eigenvalue weighted by Gasteiger charge is 2.19. The molecular formula is C20H21N7O3S. The van der Waals surface area contributed by atoms with Crippen molar-refractivity contribution in [1.82, 2.24) is 24.2 Å². The van der Waals surface area contributed by atoms with Gasteiger partial charge in [-0.25, -0.2) is 9.36 Å². The summed E-state index contributed by atoms with van der Waals surface area (Å²) in [5.74, 6) is 7.07. The van der Waals surface area contributed by atoms with Gasteiger partial charge in [-0.05, 0) is 31.2 Å². The third-order valence-corrected chi connectivity index (χ3v) is 5.73. The second-order valence-electron chi connectivity index (χ2n) is 6.74. The van der Waals surface area contributed by atoms with Gasteiger partial charge in [-0.2, -0.15) is 0 Å². The zero-order chi connectivity index (χ0) is 22.0. The number of nitrogens with two attached hydrogens (primary N) is 1. The van der Waals surface area contributed by atoms with Crippen molar-refractivity contribution in [2.24, 2.45) is 7.05 Å². The summed E-state index contributed by atoms with van der Waals surface area (Å²) in [5, 5.41) is 11.2. The minimum absolute atomic E-state index is 0.173. The van der Waals surface area contributed by atoms with Gasteiger partial charge < -0.3 is 15.6 Å². The fraction of sp³-hybridized carbons (Fsp3) is 0.200.